The smallest absolute Gasteiger partial charge is 0.317 e. The van der Waals surface area contributed by atoms with Crippen LogP contribution in [0.1, 0.15) is 37.7 Å². The Bertz CT molecular complexity index is 1060. The molecule has 42 heavy (non-hydrogen) atoms. The van der Waals surface area contributed by atoms with Gasteiger partial charge in [-0.3, -0.25) is 38.7 Å². The first-order valence-electron chi connectivity index (χ1n) is 13.2. The predicted molar refractivity (Wildman–Crippen MR) is 151 cm³/mol. The number of nitrogens with zero attached hydrogens (tertiary/aromatic N) is 4. The van der Waals surface area contributed by atoms with Crippen molar-refractivity contribution in [2.45, 2.75) is 55.5 Å². The van der Waals surface area contributed by atoms with E-state index in [-0.39, 0.29) is 44.8 Å². The Morgan fingerprint density at radius 2 is 1.19 bits per heavy atom. The van der Waals surface area contributed by atoms with E-state index in [0.29, 0.717) is 25.8 Å². The third-order valence-electron chi connectivity index (χ3n) is 6.46. The summed E-state index contributed by atoms with van der Waals surface area (Å²) in [6, 6.07) is 7.12. The lowest BCUT2D eigenvalue weighted by Crippen LogP contribution is -2.56. The molecule has 0 bridgehead atoms. The minimum atomic E-state index is -1.10. The van der Waals surface area contributed by atoms with E-state index < -0.39 is 29.8 Å². The minimum Gasteiger partial charge on any atom is -0.480 e. The molecule has 1 aromatic carbocycles. The third kappa shape index (κ3) is 15.3. The van der Waals surface area contributed by atoms with Gasteiger partial charge in [-0.15, -0.1) is 0 Å². The van der Waals surface area contributed by atoms with E-state index >= 15 is 0 Å². The van der Waals surface area contributed by atoms with Gasteiger partial charge < -0.3 is 25.5 Å². The van der Waals surface area contributed by atoms with Crippen LogP contribution >= 0.6 is 11.8 Å². The van der Waals surface area contributed by atoms with Crippen molar-refractivity contribution in [2.24, 2.45) is 0 Å². The molecular weight excluding hydrogens is 572 g/mol. The number of thioether (sulfide) groups is 1. The topological polar surface area (TPSA) is 220 Å². The van der Waals surface area contributed by atoms with Crippen molar-refractivity contribution in [3.05, 3.63) is 29.8 Å². The van der Waals surface area contributed by atoms with E-state index in [1.54, 1.807) is 0 Å². The first-order chi connectivity index (χ1) is 19.8. The van der Waals surface area contributed by atoms with Gasteiger partial charge >= 0.3 is 29.8 Å². The fourth-order valence-electron chi connectivity index (χ4n) is 4.90. The van der Waals surface area contributed by atoms with Gasteiger partial charge in [0.15, 0.2) is 0 Å². The standard InChI is InChI=1S/C22H29N3O6S.C5H9NO4/c23-15-32-17-9-7-16(8-10-17)4-3-11-24(12-20(26)27)18-5-1-2-6-19(18)25(13-21(28)29)14-22(30)31;1-6(2-4(7)8)3-5(9)10/h7-10,18-19H,1-6,11-14H2,(H,26,27)(H,28,29)(H,30,31);2-3H2,1H3,(H,7,8)(H,9,10). The summed E-state index contributed by atoms with van der Waals surface area (Å²) in [6.45, 7) is -0.926. The lowest BCUT2D eigenvalue weighted by Gasteiger charge is -2.44. The van der Waals surface area contributed by atoms with Crippen molar-refractivity contribution in [2.75, 3.05) is 46.3 Å². The van der Waals surface area contributed by atoms with E-state index in [0.717, 1.165) is 41.5 Å². The number of carboxylic acid groups (broad SMARTS) is 5. The van der Waals surface area contributed by atoms with Crippen molar-refractivity contribution >= 4 is 41.6 Å². The molecule has 5 N–H and O–H groups in total. The van der Waals surface area contributed by atoms with E-state index in [1.165, 1.54) is 16.8 Å². The summed E-state index contributed by atoms with van der Waals surface area (Å²) in [7, 11) is 1.43. The SMILES string of the molecule is CN(CC(=O)O)CC(=O)O.N#CSc1ccc(CCCN(CC(=O)O)C2CCCCC2N(CC(=O)O)CC(=O)O)cc1. The Balaban J connectivity index is 0.000000752. The lowest BCUT2D eigenvalue weighted by atomic mass is 9.87. The van der Waals surface area contributed by atoms with E-state index in [2.05, 4.69) is 0 Å². The number of hydrogen-bond donors (Lipinski definition) is 5. The molecule has 0 spiro atoms. The molecule has 2 rings (SSSR count). The molecule has 15 heteroatoms. The summed E-state index contributed by atoms with van der Waals surface area (Å²) in [5.41, 5.74) is 1.08. The summed E-state index contributed by atoms with van der Waals surface area (Å²) in [6.07, 6.45) is 4.53. The van der Waals surface area contributed by atoms with Crippen LogP contribution in [-0.2, 0) is 30.4 Å². The second-order valence-corrected chi connectivity index (χ2v) is 10.7. The summed E-state index contributed by atoms with van der Waals surface area (Å²) >= 11 is 1.09. The highest BCUT2D eigenvalue weighted by atomic mass is 32.2. The highest BCUT2D eigenvalue weighted by molar-refractivity contribution is 8.03. The summed E-state index contributed by atoms with van der Waals surface area (Å²) < 4.78 is 0. The van der Waals surface area contributed by atoms with Gasteiger partial charge in [0.1, 0.15) is 5.40 Å². The molecule has 1 aromatic rings. The van der Waals surface area contributed by atoms with Crippen molar-refractivity contribution in [3.63, 3.8) is 0 Å². The Hall–Kier alpha value is -3.71. The zero-order valence-electron chi connectivity index (χ0n) is 23.4. The zero-order valence-corrected chi connectivity index (χ0v) is 24.2. The van der Waals surface area contributed by atoms with Gasteiger partial charge in [0.25, 0.3) is 0 Å². The summed E-state index contributed by atoms with van der Waals surface area (Å²) in [5.74, 6) is -5.21. The molecule has 1 saturated carbocycles. The van der Waals surface area contributed by atoms with Crippen LogP contribution in [0.5, 0.6) is 0 Å². The average molecular weight is 611 g/mol. The minimum absolute atomic E-state index is 0.174. The Morgan fingerprint density at radius 3 is 1.62 bits per heavy atom. The van der Waals surface area contributed by atoms with Crippen LogP contribution in [0.3, 0.4) is 0 Å². The molecule has 2 atom stereocenters. The number of aryl methyl sites for hydroxylation is 1. The van der Waals surface area contributed by atoms with Crippen molar-refractivity contribution < 1.29 is 49.5 Å². The van der Waals surface area contributed by atoms with E-state index in [4.69, 9.17) is 15.5 Å². The van der Waals surface area contributed by atoms with Gasteiger partial charge in [0, 0.05) is 17.0 Å². The third-order valence-corrected chi connectivity index (χ3v) is 7.05. The molecule has 0 aliphatic heterocycles. The molecule has 0 heterocycles. The van der Waals surface area contributed by atoms with Gasteiger partial charge in [0.2, 0.25) is 0 Å². The quantitative estimate of drug-likeness (QED) is 0.124. The molecule has 2 unspecified atom stereocenters. The van der Waals surface area contributed by atoms with Gasteiger partial charge in [-0.25, -0.2) is 0 Å². The number of carboxylic acids is 5. The van der Waals surface area contributed by atoms with E-state index in [1.807, 2.05) is 34.6 Å². The fourth-order valence-corrected chi connectivity index (χ4v) is 5.28. The number of rotatable bonds is 17. The van der Waals surface area contributed by atoms with Gasteiger partial charge in [-0.2, -0.15) is 5.26 Å². The average Bonchev–Trinajstić information content (AvgIpc) is 2.87. The fraction of sp³-hybridized carbons (Fsp3) is 0.556. The Kier molecular flexibility index (Phi) is 16.8. The predicted octanol–water partition coefficient (Wildman–Crippen LogP) is 1.45. The summed E-state index contributed by atoms with van der Waals surface area (Å²) in [4.78, 5) is 59.5. The van der Waals surface area contributed by atoms with Crippen LogP contribution in [0.25, 0.3) is 0 Å². The number of aliphatic carboxylic acids is 5. The first-order valence-corrected chi connectivity index (χ1v) is 14.0. The monoisotopic (exact) mass is 610 g/mol. The number of hydrogen-bond acceptors (Lipinski definition) is 10. The van der Waals surface area contributed by atoms with Gasteiger partial charge in [-0.05, 0) is 68.7 Å². The molecule has 0 saturated heterocycles. The molecule has 1 aliphatic rings. The number of benzene rings is 1. The molecular formula is C27H38N4O10S. The molecule has 0 aromatic heterocycles. The number of nitriles is 1. The maximum absolute atomic E-state index is 11.5. The van der Waals surface area contributed by atoms with Crippen LogP contribution in [0, 0.1) is 10.7 Å². The highest BCUT2D eigenvalue weighted by Crippen LogP contribution is 2.28. The maximum atomic E-state index is 11.5. The number of thiocyanates is 1. The van der Waals surface area contributed by atoms with Crippen LogP contribution in [0.2, 0.25) is 0 Å². The Morgan fingerprint density at radius 1 is 0.762 bits per heavy atom. The lowest BCUT2D eigenvalue weighted by molar-refractivity contribution is -0.146. The zero-order chi connectivity index (χ0) is 31.7. The van der Waals surface area contributed by atoms with Crippen LogP contribution in [-0.4, -0.2) is 128 Å². The van der Waals surface area contributed by atoms with Crippen molar-refractivity contribution in [3.8, 4) is 5.40 Å². The highest BCUT2D eigenvalue weighted by Gasteiger charge is 2.36. The molecule has 0 amide bonds. The first kappa shape index (κ1) is 36.3. The Labute approximate surface area is 248 Å². The molecule has 0 radical (unpaired) electrons. The normalized spacial score (nSPS) is 16.4. The van der Waals surface area contributed by atoms with Gasteiger partial charge in [-0.1, -0.05) is 25.0 Å². The van der Waals surface area contributed by atoms with Crippen LogP contribution < -0.4 is 0 Å². The molecule has 232 valence electrons. The van der Waals surface area contributed by atoms with Crippen molar-refractivity contribution in [1.29, 1.82) is 5.26 Å². The van der Waals surface area contributed by atoms with Gasteiger partial charge in [0.05, 0.1) is 32.7 Å². The number of likely N-dealkylation sites (N-methyl/N-ethyl adjacent to an activating group) is 1. The summed E-state index contributed by atoms with van der Waals surface area (Å²) in [5, 5.41) is 55.1. The molecule has 14 nitrogen and oxygen atoms in total. The molecule has 1 fully saturated rings. The van der Waals surface area contributed by atoms with E-state index in [9.17, 15) is 39.3 Å². The molecule has 1 aliphatic carbocycles. The van der Waals surface area contributed by atoms with Crippen molar-refractivity contribution in [1.82, 2.24) is 14.7 Å². The maximum Gasteiger partial charge on any atom is 0.317 e. The largest absolute Gasteiger partial charge is 0.480 e. The second-order valence-electron chi connectivity index (χ2n) is 9.88. The van der Waals surface area contributed by atoms with Crippen LogP contribution in [0.15, 0.2) is 29.2 Å². The second kappa shape index (κ2) is 19.4. The van der Waals surface area contributed by atoms with Crippen LogP contribution in [0.4, 0.5) is 0 Å². The number of carbonyl (C=O) groups is 5.